The van der Waals surface area contributed by atoms with Crippen LogP contribution in [0.25, 0.3) is 0 Å². The molecule has 1 aromatic carbocycles. The molecule has 7 nitrogen and oxygen atoms in total. The van der Waals surface area contributed by atoms with Crippen molar-refractivity contribution in [3.8, 4) is 0 Å². The SMILES string of the molecule is CCCn1ncc(CN2C[C@H](CC(N)=O)[C@H](OC(=O)c3ccccc3)C2)c1C. The smallest absolute Gasteiger partial charge is 0.338 e. The van der Waals surface area contributed by atoms with Crippen LogP contribution in [0.3, 0.4) is 0 Å². The minimum atomic E-state index is -0.375. The Labute approximate surface area is 165 Å². The molecule has 2 heterocycles. The van der Waals surface area contributed by atoms with E-state index in [1.165, 1.54) is 0 Å². The fraction of sp³-hybridized carbons (Fsp3) is 0.476. The van der Waals surface area contributed by atoms with Crippen molar-refractivity contribution in [1.82, 2.24) is 14.7 Å². The number of benzene rings is 1. The summed E-state index contributed by atoms with van der Waals surface area (Å²) < 4.78 is 7.76. The molecule has 0 radical (unpaired) electrons. The second-order valence-electron chi connectivity index (χ2n) is 7.41. The number of hydrogen-bond acceptors (Lipinski definition) is 5. The number of nitrogens with zero attached hydrogens (tertiary/aromatic N) is 3. The van der Waals surface area contributed by atoms with Crippen LogP contribution < -0.4 is 5.73 Å². The minimum Gasteiger partial charge on any atom is -0.457 e. The summed E-state index contributed by atoms with van der Waals surface area (Å²) in [5.74, 6) is -0.843. The number of carbonyl (C=O) groups is 2. The molecule has 7 heteroatoms. The van der Waals surface area contributed by atoms with E-state index in [1.54, 1.807) is 24.3 Å². The first-order valence-electron chi connectivity index (χ1n) is 9.76. The van der Waals surface area contributed by atoms with Crippen LogP contribution >= 0.6 is 0 Å². The molecule has 1 aliphatic heterocycles. The van der Waals surface area contributed by atoms with Crippen LogP contribution in [0.1, 0.15) is 41.4 Å². The van der Waals surface area contributed by atoms with Gasteiger partial charge in [-0.05, 0) is 25.5 Å². The van der Waals surface area contributed by atoms with Crippen molar-refractivity contribution in [1.29, 1.82) is 0 Å². The van der Waals surface area contributed by atoms with Gasteiger partial charge in [-0.15, -0.1) is 0 Å². The van der Waals surface area contributed by atoms with Crippen LogP contribution in [0.15, 0.2) is 36.5 Å². The molecule has 1 amide bonds. The number of aryl methyl sites for hydroxylation is 1. The van der Waals surface area contributed by atoms with Gasteiger partial charge in [0.1, 0.15) is 6.10 Å². The van der Waals surface area contributed by atoms with Crippen LogP contribution in [0.4, 0.5) is 0 Å². The largest absolute Gasteiger partial charge is 0.457 e. The second kappa shape index (κ2) is 9.01. The lowest BCUT2D eigenvalue weighted by molar-refractivity contribution is -0.119. The number of esters is 1. The maximum atomic E-state index is 12.5. The monoisotopic (exact) mass is 384 g/mol. The fourth-order valence-electron chi connectivity index (χ4n) is 3.74. The number of aromatic nitrogens is 2. The Bertz CT molecular complexity index is 818. The van der Waals surface area contributed by atoms with Crippen LogP contribution in [0.2, 0.25) is 0 Å². The number of likely N-dealkylation sites (tertiary alicyclic amines) is 1. The Morgan fingerprint density at radius 2 is 2.00 bits per heavy atom. The zero-order valence-electron chi connectivity index (χ0n) is 16.5. The third-order valence-corrected chi connectivity index (χ3v) is 5.22. The average Bonchev–Trinajstić information content (AvgIpc) is 3.20. The van der Waals surface area contributed by atoms with E-state index in [4.69, 9.17) is 10.5 Å². The summed E-state index contributed by atoms with van der Waals surface area (Å²) >= 11 is 0. The van der Waals surface area contributed by atoms with E-state index >= 15 is 0 Å². The first kappa shape index (κ1) is 20.1. The molecular weight excluding hydrogens is 356 g/mol. The Balaban J connectivity index is 1.68. The normalized spacial score (nSPS) is 19.6. The molecule has 0 unspecified atom stereocenters. The number of amides is 1. The first-order valence-corrected chi connectivity index (χ1v) is 9.76. The minimum absolute atomic E-state index is 0.101. The highest BCUT2D eigenvalue weighted by Gasteiger charge is 2.36. The van der Waals surface area contributed by atoms with Gasteiger partial charge in [0.05, 0.1) is 11.8 Å². The Kier molecular flexibility index (Phi) is 6.46. The summed E-state index contributed by atoms with van der Waals surface area (Å²) in [6.45, 7) is 7.05. The summed E-state index contributed by atoms with van der Waals surface area (Å²) in [6, 6.07) is 8.91. The molecule has 1 aromatic heterocycles. The van der Waals surface area contributed by atoms with Gasteiger partial charge >= 0.3 is 5.97 Å². The fourth-order valence-corrected chi connectivity index (χ4v) is 3.74. The van der Waals surface area contributed by atoms with Crippen LogP contribution in [-0.2, 0) is 22.6 Å². The number of nitrogens with two attached hydrogens (primary N) is 1. The van der Waals surface area contributed by atoms with E-state index < -0.39 is 0 Å². The molecule has 1 saturated heterocycles. The maximum absolute atomic E-state index is 12.5. The number of ether oxygens (including phenoxy) is 1. The van der Waals surface area contributed by atoms with Gasteiger partial charge < -0.3 is 10.5 Å². The summed E-state index contributed by atoms with van der Waals surface area (Å²) in [5.41, 5.74) is 8.24. The average molecular weight is 384 g/mol. The summed E-state index contributed by atoms with van der Waals surface area (Å²) in [7, 11) is 0. The van der Waals surface area contributed by atoms with Gasteiger partial charge in [0.25, 0.3) is 0 Å². The quantitative estimate of drug-likeness (QED) is 0.704. The van der Waals surface area contributed by atoms with Crippen LogP contribution in [0, 0.1) is 12.8 Å². The molecule has 2 atom stereocenters. The second-order valence-corrected chi connectivity index (χ2v) is 7.41. The van der Waals surface area contributed by atoms with Crippen molar-refractivity contribution in [2.45, 2.75) is 45.9 Å². The Hall–Kier alpha value is -2.67. The van der Waals surface area contributed by atoms with E-state index in [9.17, 15) is 9.59 Å². The standard InChI is InChI=1S/C21H28N4O3/c1-3-9-25-15(2)18(11-23-25)13-24-12-17(10-20(22)26)19(14-24)28-21(27)16-7-5-4-6-8-16/h4-8,11,17,19H,3,9-10,12-14H2,1-2H3,(H2,22,26)/t17-,19+/m0/s1. The van der Waals surface area contributed by atoms with Crippen molar-refractivity contribution in [3.05, 3.63) is 53.3 Å². The van der Waals surface area contributed by atoms with Gasteiger partial charge in [0.2, 0.25) is 5.91 Å². The summed E-state index contributed by atoms with van der Waals surface area (Å²) in [6.07, 6.45) is 2.78. The lowest BCUT2D eigenvalue weighted by Gasteiger charge is -2.18. The zero-order chi connectivity index (χ0) is 20.1. The maximum Gasteiger partial charge on any atom is 0.338 e. The highest BCUT2D eigenvalue weighted by atomic mass is 16.5. The molecule has 28 heavy (non-hydrogen) atoms. The van der Waals surface area contributed by atoms with Crippen molar-refractivity contribution in [2.75, 3.05) is 13.1 Å². The first-order chi connectivity index (χ1) is 13.5. The number of hydrogen-bond donors (Lipinski definition) is 1. The van der Waals surface area contributed by atoms with Crippen molar-refractivity contribution < 1.29 is 14.3 Å². The number of rotatable bonds is 8. The third kappa shape index (κ3) is 4.78. The predicted molar refractivity (Wildman–Crippen MR) is 105 cm³/mol. The molecular formula is C21H28N4O3. The molecule has 0 spiro atoms. The molecule has 2 aromatic rings. The molecule has 2 N–H and O–H groups in total. The molecule has 1 fully saturated rings. The molecule has 0 saturated carbocycles. The van der Waals surface area contributed by atoms with Gasteiger partial charge in [0, 0.05) is 49.8 Å². The van der Waals surface area contributed by atoms with E-state index in [0.717, 1.165) is 24.2 Å². The van der Waals surface area contributed by atoms with Crippen molar-refractivity contribution >= 4 is 11.9 Å². The van der Waals surface area contributed by atoms with Gasteiger partial charge in [0.15, 0.2) is 0 Å². The van der Waals surface area contributed by atoms with E-state index in [1.807, 2.05) is 16.9 Å². The highest BCUT2D eigenvalue weighted by molar-refractivity contribution is 5.89. The lowest BCUT2D eigenvalue weighted by atomic mass is 10.0. The number of carbonyl (C=O) groups excluding carboxylic acids is 2. The van der Waals surface area contributed by atoms with E-state index in [2.05, 4.69) is 23.8 Å². The molecule has 0 bridgehead atoms. The predicted octanol–water partition coefficient (Wildman–Crippen LogP) is 2.13. The van der Waals surface area contributed by atoms with E-state index in [0.29, 0.717) is 25.2 Å². The highest BCUT2D eigenvalue weighted by Crippen LogP contribution is 2.26. The van der Waals surface area contributed by atoms with Gasteiger partial charge in [-0.1, -0.05) is 25.1 Å². The Morgan fingerprint density at radius 1 is 1.25 bits per heavy atom. The molecule has 1 aliphatic rings. The van der Waals surface area contributed by atoms with Crippen molar-refractivity contribution in [3.63, 3.8) is 0 Å². The zero-order valence-corrected chi connectivity index (χ0v) is 16.5. The van der Waals surface area contributed by atoms with Crippen LogP contribution in [0.5, 0.6) is 0 Å². The topological polar surface area (TPSA) is 90.5 Å². The van der Waals surface area contributed by atoms with E-state index in [-0.39, 0.29) is 30.3 Å². The van der Waals surface area contributed by atoms with Gasteiger partial charge in [-0.2, -0.15) is 5.10 Å². The van der Waals surface area contributed by atoms with Gasteiger partial charge in [-0.25, -0.2) is 4.79 Å². The molecule has 0 aliphatic carbocycles. The number of primary amides is 1. The van der Waals surface area contributed by atoms with Gasteiger partial charge in [-0.3, -0.25) is 14.4 Å². The summed E-state index contributed by atoms with van der Waals surface area (Å²) in [4.78, 5) is 26.2. The van der Waals surface area contributed by atoms with Crippen molar-refractivity contribution in [2.24, 2.45) is 11.7 Å². The van der Waals surface area contributed by atoms with Crippen LogP contribution in [-0.4, -0.2) is 45.8 Å². The third-order valence-electron chi connectivity index (χ3n) is 5.22. The molecule has 150 valence electrons. The Morgan fingerprint density at radius 3 is 2.68 bits per heavy atom. The molecule has 3 rings (SSSR count). The lowest BCUT2D eigenvalue weighted by Crippen LogP contribution is -2.29. The summed E-state index contributed by atoms with van der Waals surface area (Å²) in [5, 5.41) is 4.45.